The Morgan fingerprint density at radius 1 is 1.26 bits per heavy atom. The van der Waals surface area contributed by atoms with Crippen LogP contribution in [-0.2, 0) is 4.79 Å². The highest BCUT2D eigenvalue weighted by atomic mass is 35.5. The van der Waals surface area contributed by atoms with Crippen LogP contribution in [-0.4, -0.2) is 39.5 Å². The molecule has 1 saturated heterocycles. The Labute approximate surface area is 166 Å². The summed E-state index contributed by atoms with van der Waals surface area (Å²) in [6.07, 6.45) is 5.85. The summed E-state index contributed by atoms with van der Waals surface area (Å²) in [7, 11) is 0. The Kier molecular flexibility index (Phi) is 5.54. The van der Waals surface area contributed by atoms with E-state index in [0.29, 0.717) is 11.1 Å². The van der Waals surface area contributed by atoms with Gasteiger partial charge in [0.15, 0.2) is 5.16 Å². The van der Waals surface area contributed by atoms with Crippen molar-refractivity contribution in [3.63, 3.8) is 0 Å². The lowest BCUT2D eigenvalue weighted by molar-refractivity contribution is -0.113. The van der Waals surface area contributed by atoms with Crippen molar-refractivity contribution in [3.8, 4) is 0 Å². The topological polar surface area (TPSA) is 63.1 Å². The van der Waals surface area contributed by atoms with Crippen molar-refractivity contribution in [2.45, 2.75) is 43.3 Å². The molecule has 0 bridgehead atoms. The second kappa shape index (κ2) is 8.06. The molecule has 9 heteroatoms. The monoisotopic (exact) mass is 409 g/mol. The molecule has 6 nitrogen and oxygen atoms in total. The van der Waals surface area contributed by atoms with Crippen LogP contribution in [0.15, 0.2) is 23.4 Å². The number of thioether (sulfide) groups is 1. The van der Waals surface area contributed by atoms with Crippen molar-refractivity contribution in [1.82, 2.24) is 14.8 Å². The summed E-state index contributed by atoms with van der Waals surface area (Å²) in [6, 6.07) is 4.61. The van der Waals surface area contributed by atoms with Crippen molar-refractivity contribution in [2.75, 3.05) is 29.1 Å². The number of rotatable bonds is 6. The normalized spacial score (nSPS) is 17.2. The zero-order valence-corrected chi connectivity index (χ0v) is 16.4. The number of carbonyl (C=O) groups excluding carboxylic acids is 1. The van der Waals surface area contributed by atoms with Gasteiger partial charge >= 0.3 is 0 Å². The van der Waals surface area contributed by atoms with Gasteiger partial charge in [-0.1, -0.05) is 23.4 Å². The van der Waals surface area contributed by atoms with Crippen molar-refractivity contribution in [1.29, 1.82) is 0 Å². The number of amides is 1. The van der Waals surface area contributed by atoms with Gasteiger partial charge in [0.25, 0.3) is 0 Å². The van der Waals surface area contributed by atoms with Gasteiger partial charge in [-0.3, -0.25) is 9.36 Å². The molecule has 1 N–H and O–H groups in total. The van der Waals surface area contributed by atoms with E-state index in [1.165, 1.54) is 43.2 Å². The molecule has 2 heterocycles. The molecule has 4 rings (SSSR count). The van der Waals surface area contributed by atoms with E-state index in [9.17, 15) is 9.18 Å². The summed E-state index contributed by atoms with van der Waals surface area (Å²) in [5, 5.41) is 12.4. The fraction of sp³-hybridized carbons (Fsp3) is 0.500. The lowest BCUT2D eigenvalue weighted by Gasteiger charge is -2.27. The average Bonchev–Trinajstić information content (AvgIpc) is 3.42. The fourth-order valence-electron chi connectivity index (χ4n) is 3.24. The van der Waals surface area contributed by atoms with Crippen LogP contribution in [0.5, 0.6) is 0 Å². The van der Waals surface area contributed by atoms with Crippen LogP contribution in [0, 0.1) is 5.82 Å². The highest BCUT2D eigenvalue weighted by Gasteiger charge is 2.32. The molecule has 0 spiro atoms. The summed E-state index contributed by atoms with van der Waals surface area (Å²) in [5.41, 5.74) is 0.127. The lowest BCUT2D eigenvalue weighted by Crippen LogP contribution is -2.32. The molecule has 1 aliphatic heterocycles. The second-order valence-corrected chi connectivity index (χ2v) is 8.27. The Morgan fingerprint density at radius 2 is 2.04 bits per heavy atom. The Morgan fingerprint density at radius 3 is 2.74 bits per heavy atom. The minimum atomic E-state index is -0.547. The second-order valence-electron chi connectivity index (χ2n) is 6.89. The van der Waals surface area contributed by atoms with Crippen LogP contribution in [0.25, 0.3) is 0 Å². The Balaban J connectivity index is 1.42. The SMILES string of the molecule is O=C(CSc1nnc(N2CCCCC2)n1C1CC1)Nc1ccc(Cl)cc1F. The molecule has 144 valence electrons. The van der Waals surface area contributed by atoms with Gasteiger partial charge < -0.3 is 10.2 Å². The number of nitrogens with one attached hydrogen (secondary N) is 1. The average molecular weight is 410 g/mol. The van der Waals surface area contributed by atoms with E-state index in [0.717, 1.165) is 37.0 Å². The first-order valence-corrected chi connectivity index (χ1v) is 10.6. The molecule has 2 aromatic rings. The molecule has 1 amide bonds. The maximum Gasteiger partial charge on any atom is 0.234 e. The largest absolute Gasteiger partial charge is 0.341 e. The number of hydrogen-bond donors (Lipinski definition) is 1. The molecular formula is C18H21ClFN5OS. The van der Waals surface area contributed by atoms with Gasteiger partial charge in [-0.15, -0.1) is 10.2 Å². The predicted octanol–water partition coefficient (Wildman–Crippen LogP) is 4.13. The molecule has 1 aromatic carbocycles. The van der Waals surface area contributed by atoms with Crippen molar-refractivity contribution < 1.29 is 9.18 Å². The molecule has 1 saturated carbocycles. The van der Waals surface area contributed by atoms with Crippen LogP contribution in [0.4, 0.5) is 16.0 Å². The number of piperidine rings is 1. The van der Waals surface area contributed by atoms with Crippen LogP contribution >= 0.6 is 23.4 Å². The number of halogens is 2. The van der Waals surface area contributed by atoms with Gasteiger partial charge in [0.2, 0.25) is 11.9 Å². The quantitative estimate of drug-likeness (QED) is 0.727. The summed E-state index contributed by atoms with van der Waals surface area (Å²) in [6.45, 7) is 2.01. The predicted molar refractivity (Wildman–Crippen MR) is 105 cm³/mol. The maximum absolute atomic E-state index is 13.8. The third-order valence-electron chi connectivity index (χ3n) is 4.74. The molecule has 27 heavy (non-hydrogen) atoms. The van der Waals surface area contributed by atoms with Crippen LogP contribution < -0.4 is 10.2 Å². The lowest BCUT2D eigenvalue weighted by atomic mass is 10.1. The molecule has 0 unspecified atom stereocenters. The van der Waals surface area contributed by atoms with Crippen molar-refractivity contribution in [2.24, 2.45) is 0 Å². The van der Waals surface area contributed by atoms with E-state index in [4.69, 9.17) is 11.6 Å². The third kappa shape index (κ3) is 4.38. The van der Waals surface area contributed by atoms with E-state index in [1.54, 1.807) is 6.07 Å². The van der Waals surface area contributed by atoms with Crippen LogP contribution in [0.2, 0.25) is 5.02 Å². The number of nitrogens with zero attached hydrogens (tertiary/aromatic N) is 4. The number of hydrogen-bond acceptors (Lipinski definition) is 5. The molecule has 1 aliphatic carbocycles. The standard InChI is InChI=1S/C18H21ClFN5OS/c19-12-4-7-15(14(20)10-12)21-16(26)11-27-18-23-22-17(25(18)13-5-6-13)24-8-2-1-3-9-24/h4,7,10,13H,1-3,5-6,8-9,11H2,(H,21,26). The zero-order valence-electron chi connectivity index (χ0n) is 14.8. The fourth-order valence-corrected chi connectivity index (χ4v) is 4.20. The molecular weight excluding hydrogens is 389 g/mol. The van der Waals surface area contributed by atoms with E-state index >= 15 is 0 Å². The van der Waals surface area contributed by atoms with Gasteiger partial charge in [0.1, 0.15) is 5.82 Å². The molecule has 2 aliphatic rings. The highest BCUT2D eigenvalue weighted by molar-refractivity contribution is 7.99. The Hall–Kier alpha value is -1.80. The number of anilines is 2. The summed E-state index contributed by atoms with van der Waals surface area (Å²) < 4.78 is 16.0. The summed E-state index contributed by atoms with van der Waals surface area (Å²) in [5.74, 6) is 0.233. The van der Waals surface area contributed by atoms with Gasteiger partial charge in [-0.2, -0.15) is 0 Å². The first kappa shape index (κ1) is 18.6. The number of aromatic nitrogens is 3. The van der Waals surface area contributed by atoms with E-state index < -0.39 is 5.82 Å². The van der Waals surface area contributed by atoms with Gasteiger partial charge in [-0.25, -0.2) is 4.39 Å². The number of carbonyl (C=O) groups is 1. The van der Waals surface area contributed by atoms with Gasteiger partial charge in [0, 0.05) is 24.2 Å². The smallest absolute Gasteiger partial charge is 0.234 e. The molecule has 0 atom stereocenters. The zero-order chi connectivity index (χ0) is 18.8. The van der Waals surface area contributed by atoms with Crippen LogP contribution in [0.3, 0.4) is 0 Å². The van der Waals surface area contributed by atoms with Gasteiger partial charge in [0.05, 0.1) is 11.4 Å². The number of benzene rings is 1. The van der Waals surface area contributed by atoms with Crippen LogP contribution in [0.1, 0.15) is 38.1 Å². The van der Waals surface area contributed by atoms with Crippen molar-refractivity contribution in [3.05, 3.63) is 29.0 Å². The highest BCUT2D eigenvalue weighted by Crippen LogP contribution is 2.41. The van der Waals surface area contributed by atoms with Crippen molar-refractivity contribution >= 4 is 40.9 Å². The van der Waals surface area contributed by atoms with E-state index in [1.807, 2.05) is 0 Å². The minimum Gasteiger partial charge on any atom is -0.341 e. The minimum absolute atomic E-state index is 0.127. The Bertz CT molecular complexity index is 835. The molecule has 2 fully saturated rings. The summed E-state index contributed by atoms with van der Waals surface area (Å²) >= 11 is 7.07. The summed E-state index contributed by atoms with van der Waals surface area (Å²) in [4.78, 5) is 14.5. The maximum atomic E-state index is 13.8. The first-order chi connectivity index (χ1) is 13.1. The molecule has 0 radical (unpaired) electrons. The third-order valence-corrected chi connectivity index (χ3v) is 5.91. The van der Waals surface area contributed by atoms with Gasteiger partial charge in [-0.05, 0) is 50.3 Å². The molecule has 1 aromatic heterocycles. The van der Waals surface area contributed by atoms with E-state index in [2.05, 4.69) is 25.0 Å². The first-order valence-electron chi connectivity index (χ1n) is 9.19. The van der Waals surface area contributed by atoms with E-state index in [-0.39, 0.29) is 17.3 Å².